The number of hydrogen-bond donors (Lipinski definition) is 0. The van der Waals surface area contributed by atoms with Crippen LogP contribution in [-0.4, -0.2) is 61.1 Å². The molecule has 0 N–H and O–H groups in total. The van der Waals surface area contributed by atoms with Crippen LogP contribution in [-0.2, 0) is 10.0 Å². The number of carbonyl (C=O) groups excluding carboxylic acids is 1. The molecule has 9 heteroatoms. The van der Waals surface area contributed by atoms with Crippen LogP contribution in [0.3, 0.4) is 0 Å². The third-order valence-corrected chi connectivity index (χ3v) is 7.58. The molecule has 0 aliphatic carbocycles. The van der Waals surface area contributed by atoms with Crippen molar-refractivity contribution >= 4 is 27.7 Å². The van der Waals surface area contributed by atoms with Gasteiger partial charge in [-0.1, -0.05) is 17.3 Å². The molecule has 146 valence electrons. The number of amides is 1. The van der Waals surface area contributed by atoms with Crippen LogP contribution in [0.2, 0.25) is 0 Å². The summed E-state index contributed by atoms with van der Waals surface area (Å²) in [7, 11) is -3.69. The molecule has 7 nitrogen and oxygen atoms in total. The van der Waals surface area contributed by atoms with Gasteiger partial charge in [0.15, 0.2) is 5.76 Å². The number of thioether (sulfide) groups is 1. The molecule has 1 amide bonds. The molecule has 2 aromatic rings. The number of hydrogen-bond acceptors (Lipinski definition) is 6. The first-order chi connectivity index (χ1) is 12.9. The van der Waals surface area contributed by atoms with Gasteiger partial charge in [-0.05, 0) is 38.7 Å². The fourth-order valence-corrected chi connectivity index (χ4v) is 5.65. The molecule has 1 aliphatic heterocycles. The standard InChI is InChI=1S/C18H23N3O4S2/c1-13-17(14(2)25-19-13)27(23,24)21-10-6-9-20(11-12-21)18(22)15-7-4-5-8-16(15)26-3/h4-5,7-8H,6,9-12H2,1-3H3. The van der Waals surface area contributed by atoms with Crippen molar-refractivity contribution in [3.63, 3.8) is 0 Å². The average molecular weight is 410 g/mol. The predicted molar refractivity (Wildman–Crippen MR) is 103 cm³/mol. The smallest absolute Gasteiger partial charge is 0.255 e. The van der Waals surface area contributed by atoms with Crippen molar-refractivity contribution in [1.82, 2.24) is 14.4 Å². The maximum Gasteiger partial charge on any atom is 0.255 e. The summed E-state index contributed by atoms with van der Waals surface area (Å²) in [4.78, 5) is 15.7. The molecule has 1 fully saturated rings. The van der Waals surface area contributed by atoms with Crippen LogP contribution in [0.5, 0.6) is 0 Å². The van der Waals surface area contributed by atoms with Gasteiger partial charge >= 0.3 is 0 Å². The Balaban J connectivity index is 1.79. The molecule has 2 heterocycles. The fourth-order valence-electron chi connectivity index (χ4n) is 3.30. The molecular weight excluding hydrogens is 386 g/mol. The van der Waals surface area contributed by atoms with Gasteiger partial charge in [0.1, 0.15) is 10.6 Å². The first-order valence-corrected chi connectivity index (χ1v) is 11.4. The predicted octanol–water partition coefficient (Wildman–Crippen LogP) is 2.55. The number of aryl methyl sites for hydroxylation is 2. The molecule has 0 atom stereocenters. The first kappa shape index (κ1) is 19.9. The maximum absolute atomic E-state index is 13.0. The summed E-state index contributed by atoms with van der Waals surface area (Å²) in [5, 5.41) is 3.75. The number of rotatable bonds is 4. The molecule has 1 aliphatic rings. The van der Waals surface area contributed by atoms with Gasteiger partial charge in [0, 0.05) is 31.1 Å². The van der Waals surface area contributed by atoms with Crippen LogP contribution in [0.4, 0.5) is 0 Å². The van der Waals surface area contributed by atoms with Crippen LogP contribution in [0, 0.1) is 13.8 Å². The molecule has 0 saturated carbocycles. The highest BCUT2D eigenvalue weighted by molar-refractivity contribution is 7.98. The number of sulfonamides is 1. The Bertz CT molecular complexity index is 920. The summed E-state index contributed by atoms with van der Waals surface area (Å²) in [6.07, 6.45) is 2.52. The maximum atomic E-state index is 13.0. The van der Waals surface area contributed by atoms with Crippen molar-refractivity contribution in [3.05, 3.63) is 41.3 Å². The van der Waals surface area contributed by atoms with Crippen molar-refractivity contribution < 1.29 is 17.7 Å². The third kappa shape index (κ3) is 3.90. The largest absolute Gasteiger partial charge is 0.360 e. The minimum absolute atomic E-state index is 0.0588. The van der Waals surface area contributed by atoms with Crippen LogP contribution in [0.1, 0.15) is 28.2 Å². The van der Waals surface area contributed by atoms with E-state index in [1.54, 1.807) is 18.7 Å². The minimum Gasteiger partial charge on any atom is -0.360 e. The highest BCUT2D eigenvalue weighted by Gasteiger charge is 2.33. The minimum atomic E-state index is -3.69. The van der Waals surface area contributed by atoms with Gasteiger partial charge in [0.25, 0.3) is 5.91 Å². The van der Waals surface area contributed by atoms with Gasteiger partial charge in [-0.15, -0.1) is 11.8 Å². The van der Waals surface area contributed by atoms with Crippen molar-refractivity contribution in [1.29, 1.82) is 0 Å². The Morgan fingerprint density at radius 2 is 1.89 bits per heavy atom. The SMILES string of the molecule is CSc1ccccc1C(=O)N1CCCN(S(=O)(=O)c2c(C)noc2C)CC1. The van der Waals surface area contributed by atoms with Gasteiger partial charge in [-0.2, -0.15) is 4.31 Å². The monoisotopic (exact) mass is 409 g/mol. The second-order valence-corrected chi connectivity index (χ2v) is 9.13. The normalized spacial score (nSPS) is 16.3. The van der Waals surface area contributed by atoms with Gasteiger partial charge in [-0.25, -0.2) is 8.42 Å². The van der Waals surface area contributed by atoms with Crippen LogP contribution >= 0.6 is 11.8 Å². The Labute approximate surface area is 163 Å². The van der Waals surface area contributed by atoms with Crippen LogP contribution < -0.4 is 0 Å². The lowest BCUT2D eigenvalue weighted by atomic mass is 10.2. The molecule has 0 radical (unpaired) electrons. The van der Waals surface area contributed by atoms with Crippen molar-refractivity contribution in [2.24, 2.45) is 0 Å². The highest BCUT2D eigenvalue weighted by Crippen LogP contribution is 2.25. The molecule has 1 aromatic carbocycles. The number of carbonyl (C=O) groups is 1. The van der Waals surface area contributed by atoms with Crippen molar-refractivity contribution in [3.8, 4) is 0 Å². The van der Waals surface area contributed by atoms with E-state index >= 15 is 0 Å². The summed E-state index contributed by atoms with van der Waals surface area (Å²) in [6.45, 7) is 4.70. The van der Waals surface area contributed by atoms with Crippen LogP contribution in [0.25, 0.3) is 0 Å². The van der Waals surface area contributed by atoms with E-state index in [4.69, 9.17) is 4.52 Å². The molecule has 0 spiro atoms. The topological polar surface area (TPSA) is 83.7 Å². The van der Waals surface area contributed by atoms with Crippen molar-refractivity contribution in [2.75, 3.05) is 32.4 Å². The average Bonchev–Trinajstić information content (AvgIpc) is 2.87. The lowest BCUT2D eigenvalue weighted by molar-refractivity contribution is 0.0761. The quantitative estimate of drug-likeness (QED) is 0.722. The summed E-state index contributed by atoms with van der Waals surface area (Å²) < 4.78 is 32.5. The second-order valence-electron chi connectivity index (χ2n) is 6.40. The van der Waals surface area contributed by atoms with Gasteiger partial charge in [0.2, 0.25) is 10.0 Å². The van der Waals surface area contributed by atoms with E-state index < -0.39 is 10.0 Å². The Morgan fingerprint density at radius 3 is 2.56 bits per heavy atom. The molecule has 27 heavy (non-hydrogen) atoms. The van der Waals surface area contributed by atoms with E-state index in [0.29, 0.717) is 43.1 Å². The zero-order valence-electron chi connectivity index (χ0n) is 15.6. The molecular formula is C18H23N3O4S2. The number of benzene rings is 1. The molecule has 3 rings (SSSR count). The summed E-state index contributed by atoms with van der Waals surface area (Å²) in [5.41, 5.74) is 1.02. The zero-order valence-corrected chi connectivity index (χ0v) is 17.3. The Kier molecular flexibility index (Phi) is 5.92. The van der Waals surface area contributed by atoms with E-state index in [-0.39, 0.29) is 17.3 Å². The lowest BCUT2D eigenvalue weighted by Crippen LogP contribution is -2.37. The van der Waals surface area contributed by atoms with E-state index in [2.05, 4.69) is 5.16 Å². The fraction of sp³-hybridized carbons (Fsp3) is 0.444. The summed E-state index contributed by atoms with van der Waals surface area (Å²) in [6, 6.07) is 7.49. The van der Waals surface area contributed by atoms with E-state index in [1.165, 1.54) is 16.1 Å². The first-order valence-electron chi connectivity index (χ1n) is 8.71. The Morgan fingerprint density at radius 1 is 1.15 bits per heavy atom. The molecule has 0 bridgehead atoms. The summed E-state index contributed by atoms with van der Waals surface area (Å²) in [5.74, 6) is 0.232. The van der Waals surface area contributed by atoms with Gasteiger partial charge in [-0.3, -0.25) is 4.79 Å². The second kappa shape index (κ2) is 8.04. The zero-order chi connectivity index (χ0) is 19.6. The number of aromatic nitrogens is 1. The van der Waals surface area contributed by atoms with Gasteiger partial charge < -0.3 is 9.42 Å². The summed E-state index contributed by atoms with van der Waals surface area (Å²) >= 11 is 1.53. The number of nitrogens with zero attached hydrogens (tertiary/aromatic N) is 3. The lowest BCUT2D eigenvalue weighted by Gasteiger charge is -2.22. The van der Waals surface area contributed by atoms with Gasteiger partial charge in [0.05, 0.1) is 5.56 Å². The van der Waals surface area contributed by atoms with Crippen LogP contribution in [0.15, 0.2) is 38.6 Å². The molecule has 1 saturated heterocycles. The van der Waals surface area contributed by atoms with E-state index in [0.717, 1.165) is 4.90 Å². The Hall–Kier alpha value is -1.84. The highest BCUT2D eigenvalue weighted by atomic mass is 32.2. The van der Waals surface area contributed by atoms with E-state index in [1.807, 2.05) is 30.5 Å². The third-order valence-electron chi connectivity index (χ3n) is 4.65. The van der Waals surface area contributed by atoms with E-state index in [9.17, 15) is 13.2 Å². The molecule has 1 aromatic heterocycles. The molecule has 0 unspecified atom stereocenters. The van der Waals surface area contributed by atoms with Crippen molar-refractivity contribution in [2.45, 2.75) is 30.1 Å².